The Morgan fingerprint density at radius 3 is 2.77 bits per heavy atom. The minimum absolute atomic E-state index is 0.281. The van der Waals surface area contributed by atoms with Gasteiger partial charge in [0.25, 0.3) is 5.91 Å². The molecule has 0 unspecified atom stereocenters. The molecule has 0 aliphatic heterocycles. The molecule has 0 saturated heterocycles. The Hall–Kier alpha value is -3.61. The van der Waals surface area contributed by atoms with Crippen molar-refractivity contribution in [3.63, 3.8) is 0 Å². The van der Waals surface area contributed by atoms with Crippen LogP contribution in [0.5, 0.6) is 0 Å². The van der Waals surface area contributed by atoms with Gasteiger partial charge in [0.2, 0.25) is 0 Å². The number of aromatic nitrogens is 1. The third-order valence-electron chi connectivity index (χ3n) is 3.63. The number of carbonyl (C=O) groups excluding carboxylic acids is 2. The number of rotatable bonds is 6. The van der Waals surface area contributed by atoms with Gasteiger partial charge in [-0.25, -0.2) is 4.79 Å². The van der Waals surface area contributed by atoms with Crippen LogP contribution in [0.4, 0.5) is 11.4 Å². The van der Waals surface area contributed by atoms with Gasteiger partial charge in [0.1, 0.15) is 5.76 Å². The van der Waals surface area contributed by atoms with E-state index in [1.165, 1.54) is 13.3 Å². The molecule has 2 aromatic heterocycles. The zero-order valence-corrected chi connectivity index (χ0v) is 14.1. The van der Waals surface area contributed by atoms with Crippen LogP contribution in [0.25, 0.3) is 0 Å². The lowest BCUT2D eigenvalue weighted by molar-refractivity contribution is 0.0602. The van der Waals surface area contributed by atoms with Gasteiger partial charge in [-0.1, -0.05) is 12.1 Å². The van der Waals surface area contributed by atoms with Crippen molar-refractivity contribution >= 4 is 23.3 Å². The summed E-state index contributed by atoms with van der Waals surface area (Å²) in [6.07, 6.45) is 4.66. The fourth-order valence-electron chi connectivity index (χ4n) is 2.34. The predicted molar refractivity (Wildman–Crippen MR) is 96.0 cm³/mol. The van der Waals surface area contributed by atoms with Gasteiger partial charge in [-0.05, 0) is 30.3 Å². The first-order chi connectivity index (χ1) is 12.7. The molecule has 0 atom stereocenters. The summed E-state index contributed by atoms with van der Waals surface area (Å²) < 4.78 is 9.98. The Balaban J connectivity index is 1.72. The maximum Gasteiger partial charge on any atom is 0.339 e. The molecule has 0 aliphatic carbocycles. The predicted octanol–water partition coefficient (Wildman–Crippen LogP) is 3.33. The number of nitrogens with zero attached hydrogens (tertiary/aromatic N) is 1. The van der Waals surface area contributed by atoms with Crippen LogP contribution in [0.15, 0.2) is 65.5 Å². The summed E-state index contributed by atoms with van der Waals surface area (Å²) in [5.74, 6) is -0.129. The van der Waals surface area contributed by atoms with Crippen molar-refractivity contribution in [1.29, 1.82) is 0 Å². The van der Waals surface area contributed by atoms with E-state index in [2.05, 4.69) is 15.6 Å². The number of carbonyl (C=O) groups is 2. The zero-order valence-electron chi connectivity index (χ0n) is 14.1. The summed E-state index contributed by atoms with van der Waals surface area (Å²) in [5, 5.41) is 5.85. The second kappa shape index (κ2) is 7.98. The Kier molecular flexibility index (Phi) is 5.28. The van der Waals surface area contributed by atoms with Crippen molar-refractivity contribution in [2.24, 2.45) is 0 Å². The number of para-hydroxylation sites is 1. The molecular formula is C19H17N3O4. The minimum Gasteiger partial charge on any atom is -0.467 e. The fourth-order valence-corrected chi connectivity index (χ4v) is 2.34. The number of pyridine rings is 1. The summed E-state index contributed by atoms with van der Waals surface area (Å²) in [6, 6.07) is 12.0. The third kappa shape index (κ3) is 4.07. The number of anilines is 2. The van der Waals surface area contributed by atoms with Gasteiger partial charge < -0.3 is 19.8 Å². The molecule has 3 rings (SSSR count). The van der Waals surface area contributed by atoms with Crippen LogP contribution in [-0.2, 0) is 11.3 Å². The number of methoxy groups -OCH3 is 1. The molecule has 132 valence electrons. The average molecular weight is 351 g/mol. The molecule has 0 saturated carbocycles. The van der Waals surface area contributed by atoms with Gasteiger partial charge in [-0.15, -0.1) is 0 Å². The normalized spacial score (nSPS) is 10.2. The molecule has 7 nitrogen and oxygen atoms in total. The molecule has 1 aromatic carbocycles. The summed E-state index contributed by atoms with van der Waals surface area (Å²) in [5.41, 5.74) is 1.69. The quantitative estimate of drug-likeness (QED) is 0.662. The summed E-state index contributed by atoms with van der Waals surface area (Å²) in [4.78, 5) is 28.4. The molecule has 0 bridgehead atoms. The van der Waals surface area contributed by atoms with Crippen LogP contribution >= 0.6 is 0 Å². The molecular weight excluding hydrogens is 334 g/mol. The molecule has 2 heterocycles. The van der Waals surface area contributed by atoms with E-state index in [-0.39, 0.29) is 11.5 Å². The number of ether oxygens (including phenoxy) is 1. The number of benzene rings is 1. The highest BCUT2D eigenvalue weighted by Gasteiger charge is 2.14. The van der Waals surface area contributed by atoms with Crippen LogP contribution in [0.1, 0.15) is 26.5 Å². The van der Waals surface area contributed by atoms with Crippen molar-refractivity contribution in [3.8, 4) is 0 Å². The number of hydrogen-bond donors (Lipinski definition) is 2. The highest BCUT2D eigenvalue weighted by molar-refractivity contribution is 6.08. The Morgan fingerprint density at radius 2 is 2.00 bits per heavy atom. The Morgan fingerprint density at radius 1 is 1.15 bits per heavy atom. The number of furan rings is 1. The number of hydrogen-bond acceptors (Lipinski definition) is 6. The van der Waals surface area contributed by atoms with Crippen LogP contribution < -0.4 is 10.6 Å². The van der Waals surface area contributed by atoms with Gasteiger partial charge in [-0.2, -0.15) is 0 Å². The van der Waals surface area contributed by atoms with Crippen molar-refractivity contribution in [2.75, 3.05) is 17.7 Å². The zero-order chi connectivity index (χ0) is 18.4. The Labute approximate surface area is 150 Å². The fraction of sp³-hybridized carbons (Fsp3) is 0.105. The van der Waals surface area contributed by atoms with E-state index < -0.39 is 5.97 Å². The first-order valence-electron chi connectivity index (χ1n) is 7.87. The Bertz CT molecular complexity index is 907. The SMILES string of the molecule is COC(=O)c1ccccc1NC(=O)c1cncc(NCc2ccco2)c1. The molecule has 0 aliphatic rings. The lowest BCUT2D eigenvalue weighted by Crippen LogP contribution is -2.16. The van der Waals surface area contributed by atoms with E-state index >= 15 is 0 Å². The molecule has 2 N–H and O–H groups in total. The first-order valence-corrected chi connectivity index (χ1v) is 7.87. The highest BCUT2D eigenvalue weighted by Crippen LogP contribution is 2.18. The van der Waals surface area contributed by atoms with Gasteiger partial charge in [0.15, 0.2) is 0 Å². The molecule has 0 radical (unpaired) electrons. The molecule has 0 spiro atoms. The maximum absolute atomic E-state index is 12.5. The largest absolute Gasteiger partial charge is 0.467 e. The van der Waals surface area contributed by atoms with Gasteiger partial charge in [-0.3, -0.25) is 9.78 Å². The van der Waals surface area contributed by atoms with E-state index in [4.69, 9.17) is 9.15 Å². The maximum atomic E-state index is 12.5. The number of amides is 1. The van der Waals surface area contributed by atoms with Crippen LogP contribution in [0, 0.1) is 0 Å². The van der Waals surface area contributed by atoms with E-state index in [9.17, 15) is 9.59 Å². The minimum atomic E-state index is -0.520. The molecule has 26 heavy (non-hydrogen) atoms. The molecule has 3 aromatic rings. The number of nitrogens with one attached hydrogen (secondary N) is 2. The van der Waals surface area contributed by atoms with Gasteiger partial charge >= 0.3 is 5.97 Å². The standard InChI is InChI=1S/C19H17N3O4/c1-25-19(24)16-6-2-3-7-17(16)22-18(23)13-9-14(11-20-10-13)21-12-15-5-4-8-26-15/h2-11,21H,12H2,1H3,(H,22,23). The molecule has 0 fully saturated rings. The monoisotopic (exact) mass is 351 g/mol. The van der Waals surface area contributed by atoms with Crippen molar-refractivity contribution in [3.05, 3.63) is 78.0 Å². The number of esters is 1. The summed E-state index contributed by atoms with van der Waals surface area (Å²) in [6.45, 7) is 0.477. The first kappa shape index (κ1) is 17.2. The van der Waals surface area contributed by atoms with Crippen LogP contribution in [-0.4, -0.2) is 24.0 Å². The van der Waals surface area contributed by atoms with E-state index in [0.29, 0.717) is 23.5 Å². The lowest BCUT2D eigenvalue weighted by Gasteiger charge is -2.10. The second-order valence-corrected chi connectivity index (χ2v) is 5.39. The lowest BCUT2D eigenvalue weighted by atomic mass is 10.1. The smallest absolute Gasteiger partial charge is 0.339 e. The van der Waals surface area contributed by atoms with Crippen molar-refractivity contribution in [2.45, 2.75) is 6.54 Å². The van der Waals surface area contributed by atoms with Crippen molar-refractivity contribution in [1.82, 2.24) is 4.98 Å². The van der Waals surface area contributed by atoms with Crippen molar-refractivity contribution < 1.29 is 18.7 Å². The van der Waals surface area contributed by atoms with Crippen LogP contribution in [0.3, 0.4) is 0 Å². The van der Waals surface area contributed by atoms with Gasteiger partial charge in [0.05, 0.1) is 42.4 Å². The summed E-state index contributed by atoms with van der Waals surface area (Å²) >= 11 is 0. The second-order valence-electron chi connectivity index (χ2n) is 5.39. The molecule has 1 amide bonds. The van der Waals surface area contributed by atoms with E-state index in [1.807, 2.05) is 6.07 Å². The van der Waals surface area contributed by atoms with E-state index in [1.54, 1.807) is 48.9 Å². The highest BCUT2D eigenvalue weighted by atomic mass is 16.5. The summed E-state index contributed by atoms with van der Waals surface area (Å²) in [7, 11) is 1.29. The van der Waals surface area contributed by atoms with E-state index in [0.717, 1.165) is 5.76 Å². The van der Waals surface area contributed by atoms with Crippen LogP contribution in [0.2, 0.25) is 0 Å². The van der Waals surface area contributed by atoms with Gasteiger partial charge in [0, 0.05) is 12.4 Å². The average Bonchev–Trinajstić information content (AvgIpc) is 3.20. The molecule has 7 heteroatoms. The third-order valence-corrected chi connectivity index (χ3v) is 3.63. The topological polar surface area (TPSA) is 93.5 Å².